The van der Waals surface area contributed by atoms with Gasteiger partial charge in [0, 0.05) is 6.54 Å². The highest BCUT2D eigenvalue weighted by atomic mass is 31.2. The van der Waals surface area contributed by atoms with E-state index in [9.17, 15) is 24.5 Å². The Morgan fingerprint density at radius 3 is 1.53 bits per heavy atom. The van der Waals surface area contributed by atoms with Gasteiger partial charge < -0.3 is 26.2 Å². The zero-order chi connectivity index (χ0) is 41.9. The Hall–Kier alpha value is -1.32. The molecule has 0 heterocycles. The zero-order valence-corrected chi connectivity index (χ0v) is 37.8. The Bertz CT molecular complexity index is 1010. The van der Waals surface area contributed by atoms with Gasteiger partial charge in [-0.15, -0.1) is 0 Å². The van der Waals surface area contributed by atoms with Crippen LogP contribution in [0.2, 0.25) is 0 Å². The summed E-state index contributed by atoms with van der Waals surface area (Å²) in [5.74, 6) is -0.453. The van der Waals surface area contributed by atoms with Crippen LogP contribution in [0.3, 0.4) is 0 Å². The molecule has 0 aliphatic rings. The average molecular weight is 827 g/mol. The minimum Gasteiger partial charge on any atom is -0.393 e. The third-order valence-corrected chi connectivity index (χ3v) is 11.5. The lowest BCUT2D eigenvalue weighted by Gasteiger charge is -2.24. The Balaban J connectivity index is 4.28. The highest BCUT2D eigenvalue weighted by molar-refractivity contribution is 7.47. The number of unbranched alkanes of at least 4 members (excludes halogenated alkanes) is 26. The summed E-state index contributed by atoms with van der Waals surface area (Å²) in [4.78, 5) is 22.8. The summed E-state index contributed by atoms with van der Waals surface area (Å²) in [6.07, 6.45) is 48.0. The van der Waals surface area contributed by atoms with Gasteiger partial charge in [0.25, 0.3) is 0 Å². The molecule has 4 atom stereocenters. The van der Waals surface area contributed by atoms with Gasteiger partial charge in [-0.3, -0.25) is 13.8 Å². The summed E-state index contributed by atoms with van der Waals surface area (Å²) in [6.45, 7) is 3.95. The average Bonchev–Trinajstić information content (AvgIpc) is 3.19. The smallest absolute Gasteiger partial charge is 0.393 e. The summed E-state index contributed by atoms with van der Waals surface area (Å²) < 4.78 is 22.1. The van der Waals surface area contributed by atoms with E-state index in [1.54, 1.807) is 6.08 Å². The van der Waals surface area contributed by atoms with Crippen LogP contribution in [0.25, 0.3) is 0 Å². The number of hydrogen-bond acceptors (Lipinski definition) is 7. The van der Waals surface area contributed by atoms with Crippen molar-refractivity contribution in [2.45, 2.75) is 238 Å². The molecule has 0 spiro atoms. The van der Waals surface area contributed by atoms with Crippen LogP contribution in [0.4, 0.5) is 0 Å². The fourth-order valence-corrected chi connectivity index (χ4v) is 7.67. The van der Waals surface area contributed by atoms with Gasteiger partial charge in [0.1, 0.15) is 0 Å². The number of amides is 1. The maximum absolute atomic E-state index is 12.8. The van der Waals surface area contributed by atoms with E-state index < -0.39 is 38.6 Å². The molecule has 0 rings (SSSR count). The van der Waals surface area contributed by atoms with Crippen molar-refractivity contribution in [1.82, 2.24) is 5.32 Å². The lowest BCUT2D eigenvalue weighted by atomic mass is 10.0. The van der Waals surface area contributed by atoms with E-state index in [0.29, 0.717) is 6.42 Å². The summed E-state index contributed by atoms with van der Waals surface area (Å²) in [5.41, 5.74) is 5.37. The largest absolute Gasteiger partial charge is 0.472 e. The first-order valence-corrected chi connectivity index (χ1v) is 25.2. The third-order valence-electron chi connectivity index (χ3n) is 10.5. The molecule has 0 aromatic heterocycles. The molecule has 4 unspecified atom stereocenters. The number of phosphoric acid groups is 1. The van der Waals surface area contributed by atoms with Crippen molar-refractivity contribution in [3.63, 3.8) is 0 Å². The highest BCUT2D eigenvalue weighted by Crippen LogP contribution is 2.43. The van der Waals surface area contributed by atoms with E-state index in [2.05, 4.69) is 43.5 Å². The minimum absolute atomic E-state index is 0.0471. The van der Waals surface area contributed by atoms with Crippen LogP contribution in [0, 0.1) is 0 Å². The lowest BCUT2D eigenvalue weighted by Crippen LogP contribution is -2.46. The van der Waals surface area contributed by atoms with Crippen molar-refractivity contribution >= 4 is 13.7 Å². The van der Waals surface area contributed by atoms with E-state index in [1.807, 2.05) is 6.08 Å². The number of aliphatic hydroxyl groups is 2. The number of nitrogens with two attached hydrogens (primary N) is 1. The standard InChI is InChI=1S/C47H91N2O7P/c1-3-5-7-9-11-13-15-17-19-20-21-22-23-25-27-29-31-33-35-37-39-46(51)45(43-56-57(53,54)55-41-40-48)49-47(52)42-44(50)38-36-34-32-30-28-26-24-18-16-14-12-10-8-6-4-2/h12,14,18,24,37,39,44-46,50-51H,3-11,13,15-17,19-23,25-36,38,40-43,48H2,1-2H3,(H,49,52)(H,53,54)/b14-12-,24-18-,39-37+. The van der Waals surface area contributed by atoms with Crippen LogP contribution in [-0.2, 0) is 18.4 Å². The molecule has 0 aromatic rings. The predicted molar refractivity (Wildman–Crippen MR) is 241 cm³/mol. The number of rotatable bonds is 44. The Labute approximate surface area is 351 Å². The minimum atomic E-state index is -4.40. The van der Waals surface area contributed by atoms with Gasteiger partial charge in [-0.05, 0) is 51.4 Å². The molecular formula is C47H91N2O7P. The van der Waals surface area contributed by atoms with E-state index in [-0.39, 0.29) is 19.6 Å². The van der Waals surface area contributed by atoms with Crippen molar-refractivity contribution in [3.8, 4) is 0 Å². The van der Waals surface area contributed by atoms with Gasteiger partial charge in [-0.2, -0.15) is 0 Å². The van der Waals surface area contributed by atoms with Crippen LogP contribution in [0.15, 0.2) is 36.5 Å². The Morgan fingerprint density at radius 2 is 1.04 bits per heavy atom. The lowest BCUT2D eigenvalue weighted by molar-refractivity contribution is -0.124. The highest BCUT2D eigenvalue weighted by Gasteiger charge is 2.27. The first-order valence-electron chi connectivity index (χ1n) is 23.7. The van der Waals surface area contributed by atoms with E-state index in [1.165, 1.54) is 128 Å². The van der Waals surface area contributed by atoms with Crippen molar-refractivity contribution in [1.29, 1.82) is 0 Å². The Kier molecular flexibility index (Phi) is 41.8. The molecule has 10 heteroatoms. The van der Waals surface area contributed by atoms with Gasteiger partial charge in [-0.25, -0.2) is 4.57 Å². The Morgan fingerprint density at radius 1 is 0.614 bits per heavy atom. The molecule has 0 aliphatic carbocycles. The second-order valence-electron chi connectivity index (χ2n) is 16.2. The number of carbonyl (C=O) groups excluding carboxylic acids is 1. The maximum Gasteiger partial charge on any atom is 0.472 e. The molecular weight excluding hydrogens is 735 g/mol. The number of nitrogens with one attached hydrogen (secondary N) is 1. The normalized spacial score (nSPS) is 14.8. The molecule has 0 saturated carbocycles. The first kappa shape index (κ1) is 55.7. The molecule has 1 amide bonds. The van der Waals surface area contributed by atoms with Gasteiger partial charge in [-0.1, -0.05) is 198 Å². The number of phosphoric ester groups is 1. The quantitative estimate of drug-likeness (QED) is 0.0231. The van der Waals surface area contributed by atoms with E-state index in [0.717, 1.165) is 64.2 Å². The second-order valence-corrected chi connectivity index (χ2v) is 17.6. The molecule has 0 radical (unpaired) electrons. The van der Waals surface area contributed by atoms with Crippen LogP contribution in [0.5, 0.6) is 0 Å². The number of hydrogen-bond donors (Lipinski definition) is 5. The van der Waals surface area contributed by atoms with Crippen LogP contribution in [-0.4, -0.2) is 59.0 Å². The SMILES string of the molecule is CCCCC/C=C\C/C=C\CCCCCCCC(O)CC(=O)NC(COP(=O)(O)OCCN)C(O)/C=C/CCCCCCCCCCCCCCCCCCCC. The molecule has 0 aliphatic heterocycles. The molecule has 0 saturated heterocycles. The van der Waals surface area contributed by atoms with E-state index >= 15 is 0 Å². The fraction of sp³-hybridized carbons (Fsp3) is 0.851. The van der Waals surface area contributed by atoms with Crippen molar-refractivity contribution < 1.29 is 33.5 Å². The molecule has 0 bridgehead atoms. The number of aliphatic hydroxyl groups excluding tert-OH is 2. The fourth-order valence-electron chi connectivity index (χ4n) is 6.91. The monoisotopic (exact) mass is 827 g/mol. The summed E-state index contributed by atoms with van der Waals surface area (Å²) >= 11 is 0. The van der Waals surface area contributed by atoms with Crippen molar-refractivity contribution in [2.75, 3.05) is 19.8 Å². The molecule has 0 fully saturated rings. The van der Waals surface area contributed by atoms with Crippen molar-refractivity contribution in [3.05, 3.63) is 36.5 Å². The van der Waals surface area contributed by atoms with Crippen LogP contribution < -0.4 is 11.1 Å². The molecule has 9 nitrogen and oxygen atoms in total. The van der Waals surface area contributed by atoms with Gasteiger partial charge in [0.2, 0.25) is 5.91 Å². The molecule has 57 heavy (non-hydrogen) atoms. The predicted octanol–water partition coefficient (Wildman–Crippen LogP) is 12.5. The van der Waals surface area contributed by atoms with Gasteiger partial charge >= 0.3 is 7.82 Å². The van der Waals surface area contributed by atoms with Crippen LogP contribution >= 0.6 is 7.82 Å². The first-order chi connectivity index (χ1) is 27.8. The van der Waals surface area contributed by atoms with Crippen LogP contribution in [0.1, 0.15) is 219 Å². The number of carbonyl (C=O) groups is 1. The molecule has 0 aromatic carbocycles. The van der Waals surface area contributed by atoms with Crippen molar-refractivity contribution in [2.24, 2.45) is 5.73 Å². The summed E-state index contributed by atoms with van der Waals surface area (Å²) in [6, 6.07) is -0.987. The molecule has 6 N–H and O–H groups in total. The topological polar surface area (TPSA) is 151 Å². The maximum atomic E-state index is 12.8. The zero-order valence-electron chi connectivity index (χ0n) is 36.9. The van der Waals surface area contributed by atoms with Gasteiger partial charge in [0.15, 0.2) is 0 Å². The summed E-state index contributed by atoms with van der Waals surface area (Å²) in [5, 5.41) is 24.1. The second kappa shape index (κ2) is 42.8. The molecule has 336 valence electrons. The summed E-state index contributed by atoms with van der Waals surface area (Å²) in [7, 11) is -4.40. The van der Waals surface area contributed by atoms with E-state index in [4.69, 9.17) is 14.8 Å². The van der Waals surface area contributed by atoms with Gasteiger partial charge in [0.05, 0.1) is 37.9 Å². The third kappa shape index (κ3) is 41.2. The number of allylic oxidation sites excluding steroid dienone is 5.